The van der Waals surface area contributed by atoms with E-state index < -0.39 is 11.6 Å². The van der Waals surface area contributed by atoms with E-state index in [4.69, 9.17) is 6.42 Å². The molecule has 2 heteroatoms. The second-order valence-electron chi connectivity index (χ2n) is 3.35. The van der Waals surface area contributed by atoms with Crippen LogP contribution >= 0.6 is 0 Å². The van der Waals surface area contributed by atoms with E-state index in [0.29, 0.717) is 16.7 Å². The maximum absolute atomic E-state index is 13.5. The first-order chi connectivity index (χ1) is 7.70. The molecule has 0 nitrogen and oxygen atoms in total. The molecule has 0 spiro atoms. The highest BCUT2D eigenvalue weighted by atomic mass is 19.1. The topological polar surface area (TPSA) is 0 Å². The second-order valence-corrected chi connectivity index (χ2v) is 3.35. The maximum atomic E-state index is 13.5. The smallest absolute Gasteiger partial charge is 0.131 e. The van der Waals surface area contributed by atoms with Crippen molar-refractivity contribution in [2.75, 3.05) is 0 Å². The summed E-state index contributed by atoms with van der Waals surface area (Å²) in [6.07, 6.45) is 5.23. The lowest BCUT2D eigenvalue weighted by Gasteiger charge is -2.04. The molecule has 0 aromatic heterocycles. The zero-order chi connectivity index (χ0) is 11.5. The van der Waals surface area contributed by atoms with Crippen LogP contribution in [0.3, 0.4) is 0 Å². The Kier molecular flexibility index (Phi) is 2.70. The van der Waals surface area contributed by atoms with E-state index in [1.807, 2.05) is 0 Å². The predicted molar refractivity (Wildman–Crippen MR) is 59.7 cm³/mol. The summed E-state index contributed by atoms with van der Waals surface area (Å²) in [6, 6.07) is 10.1. The highest BCUT2D eigenvalue weighted by molar-refractivity contribution is 5.66. The van der Waals surface area contributed by atoms with Crippen LogP contribution in [0.4, 0.5) is 8.78 Å². The number of hydrogen-bond donors (Lipinski definition) is 0. The summed E-state index contributed by atoms with van der Waals surface area (Å²) in [5, 5.41) is 0. The Morgan fingerprint density at radius 2 is 1.81 bits per heavy atom. The van der Waals surface area contributed by atoms with Crippen LogP contribution in [0.25, 0.3) is 11.1 Å². The van der Waals surface area contributed by atoms with Gasteiger partial charge in [-0.3, -0.25) is 0 Å². The molecular formula is C14H8F2. The molecule has 0 amide bonds. The summed E-state index contributed by atoms with van der Waals surface area (Å²) >= 11 is 0. The van der Waals surface area contributed by atoms with E-state index in [1.54, 1.807) is 6.07 Å². The van der Waals surface area contributed by atoms with Gasteiger partial charge in [0.05, 0.1) is 0 Å². The van der Waals surface area contributed by atoms with Gasteiger partial charge in [-0.15, -0.1) is 6.42 Å². The number of hydrogen-bond acceptors (Lipinski definition) is 0. The third-order valence-electron chi connectivity index (χ3n) is 2.27. The lowest BCUT2D eigenvalue weighted by atomic mass is 10.0. The summed E-state index contributed by atoms with van der Waals surface area (Å²) < 4.78 is 26.5. The molecule has 0 unspecified atom stereocenters. The fourth-order valence-electron chi connectivity index (χ4n) is 1.49. The Hall–Kier alpha value is -2.14. The van der Waals surface area contributed by atoms with Crippen LogP contribution in [0.15, 0.2) is 42.5 Å². The van der Waals surface area contributed by atoms with Gasteiger partial charge in [0.2, 0.25) is 0 Å². The van der Waals surface area contributed by atoms with E-state index in [1.165, 1.54) is 36.4 Å². The summed E-state index contributed by atoms with van der Waals surface area (Å²) in [7, 11) is 0. The summed E-state index contributed by atoms with van der Waals surface area (Å²) in [5.74, 6) is 1.61. The van der Waals surface area contributed by atoms with Crippen LogP contribution in [-0.4, -0.2) is 0 Å². The minimum Gasteiger partial charge on any atom is -0.207 e. The Morgan fingerprint density at radius 3 is 2.50 bits per heavy atom. The average molecular weight is 214 g/mol. The average Bonchev–Trinajstić information content (AvgIpc) is 2.30. The van der Waals surface area contributed by atoms with Crippen molar-refractivity contribution in [3.8, 4) is 23.5 Å². The molecule has 0 radical (unpaired) electrons. The molecule has 0 bridgehead atoms. The quantitative estimate of drug-likeness (QED) is 0.636. The number of terminal acetylenes is 1. The van der Waals surface area contributed by atoms with Gasteiger partial charge in [0.1, 0.15) is 11.6 Å². The molecule has 0 aliphatic heterocycles. The van der Waals surface area contributed by atoms with Crippen LogP contribution < -0.4 is 0 Å². The van der Waals surface area contributed by atoms with Gasteiger partial charge in [-0.1, -0.05) is 18.1 Å². The summed E-state index contributed by atoms with van der Waals surface area (Å²) in [6.45, 7) is 0. The van der Waals surface area contributed by atoms with E-state index >= 15 is 0 Å². The molecule has 0 aliphatic carbocycles. The highest BCUT2D eigenvalue weighted by Crippen LogP contribution is 2.24. The van der Waals surface area contributed by atoms with Gasteiger partial charge >= 0.3 is 0 Å². The van der Waals surface area contributed by atoms with Gasteiger partial charge in [0, 0.05) is 11.1 Å². The van der Waals surface area contributed by atoms with Gasteiger partial charge in [-0.2, -0.15) is 0 Å². The van der Waals surface area contributed by atoms with Crippen molar-refractivity contribution in [2.45, 2.75) is 0 Å². The van der Waals surface area contributed by atoms with Crippen LogP contribution in [0.2, 0.25) is 0 Å². The lowest BCUT2D eigenvalue weighted by Crippen LogP contribution is -1.87. The maximum Gasteiger partial charge on any atom is 0.131 e. The van der Waals surface area contributed by atoms with Crippen LogP contribution in [0.1, 0.15) is 5.56 Å². The van der Waals surface area contributed by atoms with Crippen molar-refractivity contribution < 1.29 is 8.78 Å². The van der Waals surface area contributed by atoms with E-state index in [-0.39, 0.29) is 0 Å². The van der Waals surface area contributed by atoms with Gasteiger partial charge in [-0.05, 0) is 35.9 Å². The molecule has 0 heterocycles. The molecule has 0 saturated carbocycles. The Balaban J connectivity index is 2.60. The van der Waals surface area contributed by atoms with Crippen LogP contribution in [0, 0.1) is 24.0 Å². The minimum absolute atomic E-state index is 0.315. The van der Waals surface area contributed by atoms with Gasteiger partial charge in [0.25, 0.3) is 0 Å². The Bertz CT molecular complexity index is 565. The fourth-order valence-corrected chi connectivity index (χ4v) is 1.49. The molecule has 0 saturated heterocycles. The molecular weight excluding hydrogens is 206 g/mol. The summed E-state index contributed by atoms with van der Waals surface area (Å²) in [4.78, 5) is 0. The monoisotopic (exact) mass is 214 g/mol. The second kappa shape index (κ2) is 4.16. The van der Waals surface area contributed by atoms with Crippen LogP contribution in [-0.2, 0) is 0 Å². The fraction of sp³-hybridized carbons (Fsp3) is 0. The van der Waals surface area contributed by atoms with Gasteiger partial charge in [-0.25, -0.2) is 8.78 Å². The largest absolute Gasteiger partial charge is 0.207 e. The Labute approximate surface area is 92.5 Å². The van der Waals surface area contributed by atoms with Crippen molar-refractivity contribution in [3.05, 3.63) is 59.7 Å². The third-order valence-corrected chi connectivity index (χ3v) is 2.27. The molecule has 0 aliphatic rings. The normalized spacial score (nSPS) is 9.81. The molecule has 2 rings (SSSR count). The molecule has 16 heavy (non-hydrogen) atoms. The van der Waals surface area contributed by atoms with E-state index in [0.717, 1.165) is 0 Å². The first-order valence-corrected chi connectivity index (χ1v) is 4.73. The molecule has 2 aromatic carbocycles. The molecule has 2 aromatic rings. The molecule has 0 atom stereocenters. The van der Waals surface area contributed by atoms with Crippen LogP contribution in [0.5, 0.6) is 0 Å². The minimum atomic E-state index is -0.412. The third kappa shape index (κ3) is 1.94. The molecule has 0 N–H and O–H groups in total. The SMILES string of the molecule is C#Cc1ccc(F)c(-c2cccc(F)c2)c1. The lowest BCUT2D eigenvalue weighted by molar-refractivity contribution is 0.624. The zero-order valence-electron chi connectivity index (χ0n) is 8.37. The highest BCUT2D eigenvalue weighted by Gasteiger charge is 2.06. The van der Waals surface area contributed by atoms with Crippen molar-refractivity contribution in [1.29, 1.82) is 0 Å². The van der Waals surface area contributed by atoms with Gasteiger partial charge < -0.3 is 0 Å². The molecule has 78 valence electrons. The standard InChI is InChI=1S/C14H8F2/c1-2-10-6-7-14(16)13(8-10)11-4-3-5-12(15)9-11/h1,3-9H. The number of halogens is 2. The van der Waals surface area contributed by atoms with Crippen molar-refractivity contribution in [1.82, 2.24) is 0 Å². The van der Waals surface area contributed by atoms with Crippen molar-refractivity contribution in [3.63, 3.8) is 0 Å². The summed E-state index contributed by atoms with van der Waals surface area (Å²) in [5.41, 5.74) is 1.37. The Morgan fingerprint density at radius 1 is 1.00 bits per heavy atom. The number of benzene rings is 2. The van der Waals surface area contributed by atoms with Crippen molar-refractivity contribution >= 4 is 0 Å². The predicted octanol–water partition coefficient (Wildman–Crippen LogP) is 3.61. The van der Waals surface area contributed by atoms with E-state index in [9.17, 15) is 8.78 Å². The first kappa shape index (κ1) is 10.4. The van der Waals surface area contributed by atoms with Crippen molar-refractivity contribution in [2.24, 2.45) is 0 Å². The number of rotatable bonds is 1. The van der Waals surface area contributed by atoms with E-state index in [2.05, 4.69) is 5.92 Å². The first-order valence-electron chi connectivity index (χ1n) is 4.73. The van der Waals surface area contributed by atoms with Gasteiger partial charge in [0.15, 0.2) is 0 Å². The zero-order valence-corrected chi connectivity index (χ0v) is 8.37. The molecule has 0 fully saturated rings.